The Labute approximate surface area is 131 Å². The van der Waals surface area contributed by atoms with Crippen molar-refractivity contribution < 1.29 is 13.2 Å². The van der Waals surface area contributed by atoms with Gasteiger partial charge in [0.05, 0.1) is 5.75 Å². The molecule has 7 heteroatoms. The topological polar surface area (TPSA) is 66.5 Å². The van der Waals surface area contributed by atoms with Gasteiger partial charge < -0.3 is 10.2 Å². The highest BCUT2D eigenvalue weighted by atomic mass is 35.5. The minimum atomic E-state index is -3.06. The summed E-state index contributed by atoms with van der Waals surface area (Å²) in [7, 11) is -1.37. The van der Waals surface area contributed by atoms with E-state index in [1.165, 1.54) is 0 Å². The Kier molecular flexibility index (Phi) is 6.48. The number of urea groups is 1. The zero-order chi connectivity index (χ0) is 16.0. The third kappa shape index (κ3) is 6.82. The summed E-state index contributed by atoms with van der Waals surface area (Å²) >= 11 is 5.83. The predicted octanol–water partition coefficient (Wildman–Crippen LogP) is 1.96. The Hall–Kier alpha value is -1.27. The average Bonchev–Trinajstić information content (AvgIpc) is 2.38. The van der Waals surface area contributed by atoms with Gasteiger partial charge in [0.1, 0.15) is 9.84 Å². The van der Waals surface area contributed by atoms with E-state index in [0.29, 0.717) is 11.4 Å². The molecule has 0 spiro atoms. The molecule has 0 bridgehead atoms. The molecule has 1 aromatic rings. The Balaban J connectivity index is 2.47. The molecule has 0 saturated carbocycles. The van der Waals surface area contributed by atoms with E-state index in [-0.39, 0.29) is 24.4 Å². The highest BCUT2D eigenvalue weighted by Gasteiger charge is 2.16. The molecule has 0 saturated heterocycles. The first kappa shape index (κ1) is 17.8. The quantitative estimate of drug-likeness (QED) is 0.866. The lowest BCUT2D eigenvalue weighted by atomic mass is 10.1. The van der Waals surface area contributed by atoms with Gasteiger partial charge in [0.2, 0.25) is 0 Å². The van der Waals surface area contributed by atoms with Crippen LogP contribution in [0.1, 0.15) is 12.5 Å². The molecule has 0 aromatic heterocycles. The highest BCUT2D eigenvalue weighted by Crippen LogP contribution is 2.12. The van der Waals surface area contributed by atoms with Gasteiger partial charge >= 0.3 is 6.03 Å². The fourth-order valence-electron chi connectivity index (χ4n) is 1.77. The molecule has 118 valence electrons. The van der Waals surface area contributed by atoms with Gasteiger partial charge in [-0.25, -0.2) is 13.2 Å². The van der Waals surface area contributed by atoms with Crippen LogP contribution in [0.2, 0.25) is 5.02 Å². The maximum atomic E-state index is 11.9. The number of nitrogens with zero attached hydrogens (tertiary/aromatic N) is 1. The van der Waals surface area contributed by atoms with E-state index in [1.54, 1.807) is 11.9 Å². The summed E-state index contributed by atoms with van der Waals surface area (Å²) in [5, 5.41) is 3.28. The highest BCUT2D eigenvalue weighted by molar-refractivity contribution is 7.90. The number of carbonyl (C=O) groups excluding carboxylic acids is 1. The Morgan fingerprint density at radius 1 is 1.33 bits per heavy atom. The molecule has 1 aromatic carbocycles. The van der Waals surface area contributed by atoms with Crippen LogP contribution >= 0.6 is 11.6 Å². The fraction of sp³-hybridized carbons (Fsp3) is 0.500. The molecule has 0 heterocycles. The van der Waals surface area contributed by atoms with Crippen molar-refractivity contribution in [2.24, 2.45) is 0 Å². The minimum Gasteiger partial charge on any atom is -0.337 e. The van der Waals surface area contributed by atoms with Crippen LogP contribution in [0.15, 0.2) is 24.3 Å². The predicted molar refractivity (Wildman–Crippen MR) is 85.5 cm³/mol. The Bertz CT molecular complexity index is 572. The SMILES string of the molecule is C[C@@H](Cc1ccc(Cl)cc1)N(C)C(=O)NCCS(C)(=O)=O. The van der Waals surface area contributed by atoms with Gasteiger partial charge in [-0.15, -0.1) is 0 Å². The first-order chi connectivity index (χ1) is 9.69. The maximum absolute atomic E-state index is 11.9. The van der Waals surface area contributed by atoms with E-state index in [4.69, 9.17) is 11.6 Å². The molecular weight excluding hydrogens is 312 g/mol. The lowest BCUT2D eigenvalue weighted by Gasteiger charge is -2.25. The molecule has 1 N–H and O–H groups in total. The van der Waals surface area contributed by atoms with Crippen molar-refractivity contribution in [3.63, 3.8) is 0 Å². The molecule has 0 aliphatic heterocycles. The van der Waals surface area contributed by atoms with E-state index < -0.39 is 9.84 Å². The van der Waals surface area contributed by atoms with E-state index in [2.05, 4.69) is 5.32 Å². The van der Waals surface area contributed by atoms with Crippen LogP contribution in [0.5, 0.6) is 0 Å². The molecule has 21 heavy (non-hydrogen) atoms. The summed E-state index contributed by atoms with van der Waals surface area (Å²) in [6.07, 6.45) is 1.85. The summed E-state index contributed by atoms with van der Waals surface area (Å²) in [5.74, 6) is -0.0574. The number of likely N-dealkylation sites (N-methyl/N-ethyl adjacent to an activating group) is 1. The number of rotatable bonds is 6. The third-order valence-corrected chi connectivity index (χ3v) is 4.37. The molecule has 0 aliphatic carbocycles. The second kappa shape index (κ2) is 7.66. The standard InChI is InChI=1S/C14H21ClN2O3S/c1-11(10-12-4-6-13(15)7-5-12)17(2)14(18)16-8-9-21(3,19)20/h4-7,11H,8-10H2,1-3H3,(H,16,18)/t11-/m0/s1. The van der Waals surface area contributed by atoms with E-state index >= 15 is 0 Å². The minimum absolute atomic E-state index is 0.00981. The number of carbonyl (C=O) groups is 1. The van der Waals surface area contributed by atoms with Gasteiger partial charge in [-0.1, -0.05) is 23.7 Å². The number of sulfone groups is 1. The van der Waals surface area contributed by atoms with Crippen molar-refractivity contribution >= 4 is 27.5 Å². The zero-order valence-corrected chi connectivity index (χ0v) is 14.0. The van der Waals surface area contributed by atoms with E-state index in [1.807, 2.05) is 31.2 Å². The van der Waals surface area contributed by atoms with E-state index in [0.717, 1.165) is 11.8 Å². The summed E-state index contributed by atoms with van der Waals surface area (Å²) in [4.78, 5) is 13.5. The first-order valence-corrected chi connectivity index (χ1v) is 9.05. The van der Waals surface area contributed by atoms with Crippen LogP contribution < -0.4 is 5.32 Å². The van der Waals surface area contributed by atoms with Gasteiger partial charge in [0, 0.05) is 30.9 Å². The van der Waals surface area contributed by atoms with Crippen LogP contribution in [0.3, 0.4) is 0 Å². The van der Waals surface area contributed by atoms with Crippen molar-refractivity contribution in [2.45, 2.75) is 19.4 Å². The van der Waals surface area contributed by atoms with Gasteiger partial charge in [-0.05, 0) is 31.0 Å². The Morgan fingerprint density at radius 2 is 1.90 bits per heavy atom. The number of halogens is 1. The van der Waals surface area contributed by atoms with Gasteiger partial charge in [0.15, 0.2) is 0 Å². The van der Waals surface area contributed by atoms with Gasteiger partial charge in [-0.2, -0.15) is 0 Å². The molecule has 1 rings (SSSR count). The van der Waals surface area contributed by atoms with Crippen LogP contribution in [-0.4, -0.2) is 51.0 Å². The molecule has 0 fully saturated rings. The summed E-state index contributed by atoms with van der Waals surface area (Å²) in [6, 6.07) is 7.19. The molecule has 1 atom stereocenters. The maximum Gasteiger partial charge on any atom is 0.317 e. The molecule has 0 unspecified atom stereocenters. The first-order valence-electron chi connectivity index (χ1n) is 6.62. The lowest BCUT2D eigenvalue weighted by Crippen LogP contribution is -2.44. The fourth-order valence-corrected chi connectivity index (χ4v) is 2.37. The Morgan fingerprint density at radius 3 is 2.43 bits per heavy atom. The number of benzene rings is 1. The molecule has 0 aliphatic rings. The van der Waals surface area contributed by atoms with E-state index in [9.17, 15) is 13.2 Å². The smallest absolute Gasteiger partial charge is 0.317 e. The summed E-state index contributed by atoms with van der Waals surface area (Å²) in [5.41, 5.74) is 1.09. The monoisotopic (exact) mass is 332 g/mol. The molecular formula is C14H21ClN2O3S. The normalized spacial score (nSPS) is 12.8. The zero-order valence-electron chi connectivity index (χ0n) is 12.5. The number of hydrogen-bond acceptors (Lipinski definition) is 3. The van der Waals surface area contributed by atoms with Crippen molar-refractivity contribution in [1.82, 2.24) is 10.2 Å². The van der Waals surface area contributed by atoms with Crippen LogP contribution in [0.25, 0.3) is 0 Å². The molecule has 5 nitrogen and oxygen atoms in total. The van der Waals surface area contributed by atoms with Crippen molar-refractivity contribution in [1.29, 1.82) is 0 Å². The van der Waals surface area contributed by atoms with Crippen molar-refractivity contribution in [3.05, 3.63) is 34.9 Å². The second-order valence-electron chi connectivity index (χ2n) is 5.15. The number of nitrogens with one attached hydrogen (secondary N) is 1. The lowest BCUT2D eigenvalue weighted by molar-refractivity contribution is 0.194. The largest absolute Gasteiger partial charge is 0.337 e. The molecule has 0 radical (unpaired) electrons. The van der Waals surface area contributed by atoms with Crippen LogP contribution in [-0.2, 0) is 16.3 Å². The average molecular weight is 333 g/mol. The van der Waals surface area contributed by atoms with Gasteiger partial charge in [0.25, 0.3) is 0 Å². The van der Waals surface area contributed by atoms with Crippen molar-refractivity contribution in [3.8, 4) is 0 Å². The van der Waals surface area contributed by atoms with Crippen molar-refractivity contribution in [2.75, 3.05) is 25.6 Å². The second-order valence-corrected chi connectivity index (χ2v) is 7.85. The number of hydrogen-bond donors (Lipinski definition) is 1. The summed E-state index contributed by atoms with van der Waals surface area (Å²) in [6.45, 7) is 2.06. The molecule has 2 amide bonds. The third-order valence-electron chi connectivity index (χ3n) is 3.17. The van der Waals surface area contributed by atoms with Crippen LogP contribution in [0, 0.1) is 0 Å². The van der Waals surface area contributed by atoms with Crippen LogP contribution in [0.4, 0.5) is 4.79 Å². The number of amides is 2. The van der Waals surface area contributed by atoms with Gasteiger partial charge in [-0.3, -0.25) is 0 Å². The summed E-state index contributed by atoms with van der Waals surface area (Å²) < 4.78 is 22.0.